The van der Waals surface area contributed by atoms with Gasteiger partial charge in [-0.2, -0.15) is 0 Å². The normalized spacial score (nSPS) is 10.7. The Labute approximate surface area is 148 Å². The zero-order valence-corrected chi connectivity index (χ0v) is 15.7. The first-order valence-electron chi connectivity index (χ1n) is 8.20. The quantitative estimate of drug-likeness (QED) is 0.555. The molecule has 0 aliphatic carbocycles. The second-order valence-corrected chi connectivity index (χ2v) is 6.10. The van der Waals surface area contributed by atoms with Crippen LogP contribution in [-0.4, -0.2) is 36.4 Å². The maximum absolute atomic E-state index is 5.19. The maximum atomic E-state index is 5.19. The van der Waals surface area contributed by atoms with Crippen molar-refractivity contribution in [3.63, 3.8) is 0 Å². The number of nitrogens with zero attached hydrogens (tertiary/aromatic N) is 3. The average molecular weight is 347 g/mol. The van der Waals surface area contributed by atoms with Crippen LogP contribution in [-0.2, 0) is 13.1 Å². The summed E-state index contributed by atoms with van der Waals surface area (Å²) < 4.78 is 5.19. The highest BCUT2D eigenvalue weighted by molar-refractivity contribution is 7.98. The van der Waals surface area contributed by atoms with Crippen LogP contribution in [0.25, 0.3) is 0 Å². The number of thioether (sulfide) groups is 1. The van der Waals surface area contributed by atoms with Gasteiger partial charge >= 0.3 is 0 Å². The summed E-state index contributed by atoms with van der Waals surface area (Å²) in [6, 6.07) is 8.11. The molecule has 0 amide bonds. The molecule has 24 heavy (non-hydrogen) atoms. The van der Waals surface area contributed by atoms with Gasteiger partial charge in [-0.05, 0) is 37.8 Å². The molecule has 1 heterocycles. The third-order valence-corrected chi connectivity index (χ3v) is 4.43. The minimum atomic E-state index is 0.743. The predicted octanol–water partition coefficient (Wildman–Crippen LogP) is 3.34. The number of rotatable bonds is 9. The number of hydrogen-bond donors (Lipinski definition) is 1. The summed E-state index contributed by atoms with van der Waals surface area (Å²) in [5.74, 6) is 1.91. The van der Waals surface area contributed by atoms with E-state index >= 15 is 0 Å². The van der Waals surface area contributed by atoms with Crippen molar-refractivity contribution in [1.82, 2.24) is 15.3 Å². The van der Waals surface area contributed by atoms with Crippen LogP contribution in [0.1, 0.15) is 25.0 Å². The van der Waals surface area contributed by atoms with E-state index in [0.717, 1.165) is 48.5 Å². The van der Waals surface area contributed by atoms with Crippen LogP contribution in [0.2, 0.25) is 0 Å². The standard InChI is InChI=1S/C18H26N4OS/c1-5-22(6-2)17-15(13-20-18(21-17)24-4)12-19-11-14-7-9-16(23-3)10-8-14/h7-10,13,19H,5-6,11-12H2,1-4H3. The zero-order chi connectivity index (χ0) is 17.4. The van der Waals surface area contributed by atoms with E-state index in [0.29, 0.717) is 0 Å². The number of methoxy groups -OCH3 is 1. The Kier molecular flexibility index (Phi) is 7.34. The lowest BCUT2D eigenvalue weighted by Crippen LogP contribution is -2.26. The molecule has 130 valence electrons. The van der Waals surface area contributed by atoms with Crippen molar-refractivity contribution in [3.05, 3.63) is 41.6 Å². The molecule has 2 aromatic rings. The van der Waals surface area contributed by atoms with Crippen molar-refractivity contribution in [2.24, 2.45) is 0 Å². The third kappa shape index (κ3) is 4.85. The van der Waals surface area contributed by atoms with Crippen molar-refractivity contribution in [1.29, 1.82) is 0 Å². The second-order valence-electron chi connectivity index (χ2n) is 5.33. The van der Waals surface area contributed by atoms with E-state index in [-0.39, 0.29) is 0 Å². The number of anilines is 1. The van der Waals surface area contributed by atoms with Crippen LogP contribution in [0.3, 0.4) is 0 Å². The van der Waals surface area contributed by atoms with Gasteiger partial charge < -0.3 is 15.0 Å². The van der Waals surface area contributed by atoms with Crippen molar-refractivity contribution in [3.8, 4) is 5.75 Å². The Hall–Kier alpha value is -1.79. The predicted molar refractivity (Wildman–Crippen MR) is 101 cm³/mol. The Morgan fingerprint density at radius 3 is 2.42 bits per heavy atom. The molecule has 0 fully saturated rings. The first-order valence-corrected chi connectivity index (χ1v) is 9.42. The summed E-state index contributed by atoms with van der Waals surface area (Å²) in [6.45, 7) is 7.72. The van der Waals surface area contributed by atoms with Crippen LogP contribution in [0.5, 0.6) is 5.75 Å². The van der Waals surface area contributed by atoms with Gasteiger partial charge in [-0.25, -0.2) is 9.97 Å². The van der Waals surface area contributed by atoms with Gasteiger partial charge in [0.25, 0.3) is 0 Å². The molecular formula is C18H26N4OS. The summed E-state index contributed by atoms with van der Waals surface area (Å²) in [6.07, 6.45) is 3.94. The van der Waals surface area contributed by atoms with Crippen molar-refractivity contribution < 1.29 is 4.74 Å². The summed E-state index contributed by atoms with van der Waals surface area (Å²) in [5.41, 5.74) is 2.35. The smallest absolute Gasteiger partial charge is 0.189 e. The summed E-state index contributed by atoms with van der Waals surface area (Å²) in [7, 11) is 1.68. The molecule has 1 aromatic carbocycles. The number of ether oxygens (including phenoxy) is 1. The molecule has 0 atom stereocenters. The van der Waals surface area contributed by atoms with Crippen LogP contribution in [0.4, 0.5) is 5.82 Å². The summed E-state index contributed by atoms with van der Waals surface area (Å²) >= 11 is 1.57. The van der Waals surface area contributed by atoms with E-state index in [1.54, 1.807) is 18.9 Å². The van der Waals surface area contributed by atoms with Gasteiger partial charge in [0.15, 0.2) is 5.16 Å². The highest BCUT2D eigenvalue weighted by Gasteiger charge is 2.12. The van der Waals surface area contributed by atoms with Crippen molar-refractivity contribution in [2.45, 2.75) is 32.1 Å². The second kappa shape index (κ2) is 9.49. The van der Waals surface area contributed by atoms with Crippen molar-refractivity contribution in [2.75, 3.05) is 31.4 Å². The van der Waals surface area contributed by atoms with Gasteiger partial charge in [-0.3, -0.25) is 0 Å². The molecule has 0 radical (unpaired) electrons. The Morgan fingerprint density at radius 1 is 1.12 bits per heavy atom. The lowest BCUT2D eigenvalue weighted by atomic mass is 10.2. The molecular weight excluding hydrogens is 320 g/mol. The third-order valence-electron chi connectivity index (χ3n) is 3.87. The van der Waals surface area contributed by atoms with Crippen LogP contribution >= 0.6 is 11.8 Å². The summed E-state index contributed by atoms with van der Waals surface area (Å²) in [5, 5.41) is 4.30. The molecule has 0 aliphatic rings. The number of hydrogen-bond acceptors (Lipinski definition) is 6. The van der Waals surface area contributed by atoms with E-state index in [1.807, 2.05) is 24.6 Å². The van der Waals surface area contributed by atoms with Gasteiger partial charge in [-0.15, -0.1) is 0 Å². The summed E-state index contributed by atoms with van der Waals surface area (Å²) in [4.78, 5) is 11.4. The molecule has 5 nitrogen and oxygen atoms in total. The molecule has 0 aliphatic heterocycles. The van der Waals surface area contributed by atoms with E-state index in [2.05, 4.69) is 41.2 Å². The Morgan fingerprint density at radius 2 is 1.83 bits per heavy atom. The van der Waals surface area contributed by atoms with Gasteiger partial charge in [-0.1, -0.05) is 23.9 Å². The van der Waals surface area contributed by atoms with Gasteiger partial charge in [0.1, 0.15) is 11.6 Å². The van der Waals surface area contributed by atoms with E-state index in [1.165, 1.54) is 5.56 Å². The van der Waals surface area contributed by atoms with Crippen molar-refractivity contribution >= 4 is 17.6 Å². The molecule has 6 heteroatoms. The zero-order valence-electron chi connectivity index (χ0n) is 14.9. The van der Waals surface area contributed by atoms with E-state index in [4.69, 9.17) is 9.72 Å². The lowest BCUT2D eigenvalue weighted by molar-refractivity contribution is 0.414. The lowest BCUT2D eigenvalue weighted by Gasteiger charge is -2.23. The number of nitrogens with one attached hydrogen (secondary N) is 1. The first-order chi connectivity index (χ1) is 11.7. The fraction of sp³-hybridized carbons (Fsp3) is 0.444. The number of aromatic nitrogens is 2. The van der Waals surface area contributed by atoms with Gasteiger partial charge in [0.2, 0.25) is 0 Å². The minimum absolute atomic E-state index is 0.743. The fourth-order valence-corrected chi connectivity index (χ4v) is 2.82. The molecule has 1 aromatic heterocycles. The SMILES string of the molecule is CCN(CC)c1nc(SC)ncc1CNCc1ccc(OC)cc1. The van der Waals surface area contributed by atoms with Gasteiger partial charge in [0.05, 0.1) is 7.11 Å². The number of benzene rings is 1. The molecule has 0 unspecified atom stereocenters. The molecule has 1 N–H and O–H groups in total. The topological polar surface area (TPSA) is 50.3 Å². The van der Waals surface area contributed by atoms with E-state index < -0.39 is 0 Å². The molecule has 0 spiro atoms. The average Bonchev–Trinajstić information content (AvgIpc) is 2.64. The van der Waals surface area contributed by atoms with Crippen LogP contribution in [0.15, 0.2) is 35.6 Å². The highest BCUT2D eigenvalue weighted by atomic mass is 32.2. The highest BCUT2D eigenvalue weighted by Crippen LogP contribution is 2.20. The molecule has 0 saturated heterocycles. The minimum Gasteiger partial charge on any atom is -0.497 e. The Bertz CT molecular complexity index is 629. The van der Waals surface area contributed by atoms with Gasteiger partial charge in [0, 0.05) is 37.9 Å². The van der Waals surface area contributed by atoms with Crippen LogP contribution in [0, 0.1) is 0 Å². The Balaban J connectivity index is 2.05. The van der Waals surface area contributed by atoms with Crippen LogP contribution < -0.4 is 15.0 Å². The molecule has 2 rings (SSSR count). The molecule has 0 bridgehead atoms. The monoisotopic (exact) mass is 346 g/mol. The first kappa shape index (κ1) is 18.5. The maximum Gasteiger partial charge on any atom is 0.189 e. The fourth-order valence-electron chi connectivity index (χ4n) is 2.49. The largest absolute Gasteiger partial charge is 0.497 e. The molecule has 0 saturated carbocycles. The van der Waals surface area contributed by atoms with E-state index in [9.17, 15) is 0 Å².